The molecule has 0 spiro atoms. The molecule has 0 radical (unpaired) electrons. The second-order valence-corrected chi connectivity index (χ2v) is 8.79. The fourth-order valence-electron chi connectivity index (χ4n) is 4.12. The average Bonchev–Trinajstić information content (AvgIpc) is 3.45. The fraction of sp³-hybridized carbons (Fsp3) is 0.435. The Morgan fingerprint density at radius 3 is 2.57 bits per heavy atom. The van der Waals surface area contributed by atoms with Crippen molar-refractivity contribution in [2.24, 2.45) is 0 Å². The van der Waals surface area contributed by atoms with Gasteiger partial charge in [-0.3, -0.25) is 9.80 Å². The van der Waals surface area contributed by atoms with E-state index < -0.39 is 0 Å². The predicted octanol–water partition coefficient (Wildman–Crippen LogP) is 4.22. The van der Waals surface area contributed by atoms with E-state index >= 15 is 0 Å². The first-order chi connectivity index (χ1) is 14.8. The number of hydrogen-bond acceptors (Lipinski definition) is 7. The van der Waals surface area contributed by atoms with Gasteiger partial charge in [0.1, 0.15) is 18.1 Å². The first-order valence-corrected chi connectivity index (χ1v) is 11.5. The van der Waals surface area contributed by atoms with Crippen LogP contribution in [0.4, 0.5) is 0 Å². The van der Waals surface area contributed by atoms with Crippen molar-refractivity contribution in [2.75, 3.05) is 46.1 Å². The van der Waals surface area contributed by atoms with Crippen molar-refractivity contribution in [3.63, 3.8) is 0 Å². The van der Waals surface area contributed by atoms with E-state index in [9.17, 15) is 0 Å². The van der Waals surface area contributed by atoms with E-state index in [0.29, 0.717) is 17.8 Å². The Bertz CT molecular complexity index is 915. The quantitative estimate of drug-likeness (QED) is 0.565. The van der Waals surface area contributed by atoms with Crippen LogP contribution in [0.25, 0.3) is 10.2 Å². The lowest BCUT2D eigenvalue weighted by Crippen LogP contribution is -2.45. The molecule has 2 aromatic carbocycles. The number of ether oxygens (including phenoxy) is 3. The van der Waals surface area contributed by atoms with Crippen LogP contribution in [0.3, 0.4) is 0 Å². The highest BCUT2D eigenvalue weighted by Crippen LogP contribution is 2.31. The zero-order chi connectivity index (χ0) is 20.2. The maximum absolute atomic E-state index is 5.95. The normalized spacial score (nSPS) is 18.8. The molecule has 7 heteroatoms. The van der Waals surface area contributed by atoms with Crippen LogP contribution in [0.2, 0.25) is 0 Å². The number of rotatable bonds is 7. The lowest BCUT2D eigenvalue weighted by Gasteiger charge is -2.35. The van der Waals surface area contributed by atoms with Crippen LogP contribution in [0.5, 0.6) is 16.7 Å². The first kappa shape index (κ1) is 19.8. The third-order valence-electron chi connectivity index (χ3n) is 5.83. The molecule has 2 aliphatic rings. The highest BCUT2D eigenvalue weighted by atomic mass is 32.1. The zero-order valence-electron chi connectivity index (χ0n) is 17.0. The number of aromatic nitrogens is 1. The molecule has 2 fully saturated rings. The topological polar surface area (TPSA) is 47.1 Å². The van der Waals surface area contributed by atoms with Gasteiger partial charge in [0.05, 0.1) is 23.6 Å². The Hall–Kier alpha value is -2.19. The molecular formula is C23H27N3O3S. The molecule has 0 aliphatic carbocycles. The van der Waals surface area contributed by atoms with E-state index in [1.54, 1.807) is 11.3 Å². The van der Waals surface area contributed by atoms with Gasteiger partial charge in [0, 0.05) is 19.1 Å². The van der Waals surface area contributed by atoms with Crippen LogP contribution in [-0.2, 0) is 4.74 Å². The summed E-state index contributed by atoms with van der Waals surface area (Å²) in [5.41, 5.74) is 0.968. The number of benzene rings is 2. The second-order valence-electron chi connectivity index (χ2n) is 7.79. The molecule has 0 unspecified atom stereocenters. The number of hydrogen-bond donors (Lipinski definition) is 0. The molecular weight excluding hydrogens is 398 g/mol. The molecule has 5 rings (SSSR count). The smallest absolute Gasteiger partial charge is 0.279 e. The van der Waals surface area contributed by atoms with Gasteiger partial charge in [0.2, 0.25) is 0 Å². The molecule has 0 amide bonds. The molecule has 3 heterocycles. The molecule has 158 valence electrons. The summed E-state index contributed by atoms with van der Waals surface area (Å²) in [7, 11) is 0. The molecule has 0 saturated carbocycles. The second kappa shape index (κ2) is 9.31. The number of thiazole rings is 1. The van der Waals surface area contributed by atoms with Crippen molar-refractivity contribution in [3.05, 3.63) is 48.5 Å². The van der Waals surface area contributed by atoms with Gasteiger partial charge >= 0.3 is 0 Å². The largest absolute Gasteiger partial charge is 0.492 e. The van der Waals surface area contributed by atoms with Gasteiger partial charge in [-0.25, -0.2) is 4.98 Å². The molecule has 30 heavy (non-hydrogen) atoms. The van der Waals surface area contributed by atoms with Crippen LogP contribution in [-0.4, -0.2) is 66.9 Å². The Kier molecular flexibility index (Phi) is 6.13. The van der Waals surface area contributed by atoms with Crippen LogP contribution >= 0.6 is 11.3 Å². The summed E-state index contributed by atoms with van der Waals surface area (Å²) >= 11 is 1.55. The van der Waals surface area contributed by atoms with Gasteiger partial charge in [0.25, 0.3) is 5.19 Å². The van der Waals surface area contributed by atoms with Crippen molar-refractivity contribution < 1.29 is 14.2 Å². The third-order valence-corrected chi connectivity index (χ3v) is 6.75. The Labute approximate surface area is 181 Å². The summed E-state index contributed by atoms with van der Waals surface area (Å²) in [6.45, 7) is 6.74. The molecule has 2 aliphatic heterocycles. The minimum absolute atomic E-state index is 0.661. The van der Waals surface area contributed by atoms with Gasteiger partial charge in [-0.2, -0.15) is 0 Å². The summed E-state index contributed by atoms with van der Waals surface area (Å²) in [6.07, 6.45) is 2.45. The molecule has 6 nitrogen and oxygen atoms in total. The van der Waals surface area contributed by atoms with Gasteiger partial charge in [0.15, 0.2) is 0 Å². The fourth-order valence-corrected chi connectivity index (χ4v) is 4.95. The summed E-state index contributed by atoms with van der Waals surface area (Å²) < 4.78 is 18.5. The maximum atomic E-state index is 5.95. The molecule has 1 aromatic heterocycles. The minimum atomic E-state index is 0.661. The van der Waals surface area contributed by atoms with E-state index in [2.05, 4.69) is 20.9 Å². The molecule has 0 atom stereocenters. The molecule has 0 N–H and O–H groups in total. The van der Waals surface area contributed by atoms with Crippen LogP contribution < -0.4 is 9.47 Å². The van der Waals surface area contributed by atoms with Crippen molar-refractivity contribution in [3.8, 4) is 16.7 Å². The number of para-hydroxylation sites is 1. The van der Waals surface area contributed by atoms with Gasteiger partial charge < -0.3 is 14.2 Å². The lowest BCUT2D eigenvalue weighted by molar-refractivity contribution is 0.0732. The number of piperidine rings is 1. The van der Waals surface area contributed by atoms with E-state index in [4.69, 9.17) is 14.2 Å². The highest BCUT2D eigenvalue weighted by molar-refractivity contribution is 7.20. The summed E-state index contributed by atoms with van der Waals surface area (Å²) in [6, 6.07) is 16.5. The molecule has 0 bridgehead atoms. The predicted molar refractivity (Wildman–Crippen MR) is 119 cm³/mol. The van der Waals surface area contributed by atoms with Gasteiger partial charge in [-0.15, -0.1) is 0 Å². The molecule has 2 saturated heterocycles. The third kappa shape index (κ3) is 4.75. The monoisotopic (exact) mass is 425 g/mol. The summed E-state index contributed by atoms with van der Waals surface area (Å²) in [4.78, 5) is 9.49. The first-order valence-electron chi connectivity index (χ1n) is 10.6. The molecule has 3 aromatic rings. The van der Waals surface area contributed by atoms with Crippen molar-refractivity contribution in [1.82, 2.24) is 14.8 Å². The number of nitrogens with zero attached hydrogens (tertiary/aromatic N) is 3. The average molecular weight is 426 g/mol. The summed E-state index contributed by atoms with van der Waals surface area (Å²) in [5, 5.41) is 0.661. The standard InChI is InChI=1S/C23H27N3O3S/c1-2-4-22-21(3-1)24-23(30-22)29-20-7-5-19(6-8-20)28-16-13-25-11-9-18(10-12-25)26-14-15-27-17-26/h1-8,18H,9-17H2. The van der Waals surface area contributed by atoms with Gasteiger partial charge in [-0.1, -0.05) is 23.5 Å². The minimum Gasteiger partial charge on any atom is -0.492 e. The SMILES string of the molecule is c1ccc2sc(Oc3ccc(OCCN4CCC(N5CCOC5)CC4)cc3)nc2c1. The lowest BCUT2D eigenvalue weighted by atomic mass is 10.0. The van der Waals surface area contributed by atoms with Crippen LogP contribution in [0.15, 0.2) is 48.5 Å². The van der Waals surface area contributed by atoms with Gasteiger partial charge in [-0.05, 0) is 62.3 Å². The number of likely N-dealkylation sites (tertiary alicyclic amines) is 1. The van der Waals surface area contributed by atoms with E-state index in [-0.39, 0.29) is 0 Å². The van der Waals surface area contributed by atoms with E-state index in [0.717, 1.165) is 61.2 Å². The Morgan fingerprint density at radius 1 is 1.00 bits per heavy atom. The van der Waals surface area contributed by atoms with E-state index in [1.807, 2.05) is 42.5 Å². The zero-order valence-corrected chi connectivity index (χ0v) is 17.9. The Morgan fingerprint density at radius 2 is 1.80 bits per heavy atom. The summed E-state index contributed by atoms with van der Waals surface area (Å²) in [5.74, 6) is 1.64. The van der Waals surface area contributed by atoms with Crippen molar-refractivity contribution in [1.29, 1.82) is 0 Å². The van der Waals surface area contributed by atoms with E-state index in [1.165, 1.54) is 12.8 Å². The number of fused-ring (bicyclic) bond motifs is 1. The maximum Gasteiger partial charge on any atom is 0.279 e. The van der Waals surface area contributed by atoms with Crippen LogP contribution in [0, 0.1) is 0 Å². The van der Waals surface area contributed by atoms with Crippen molar-refractivity contribution >= 4 is 21.6 Å². The van der Waals surface area contributed by atoms with Crippen LogP contribution in [0.1, 0.15) is 12.8 Å². The Balaban J connectivity index is 1.06. The highest BCUT2D eigenvalue weighted by Gasteiger charge is 2.26. The van der Waals surface area contributed by atoms with Crippen molar-refractivity contribution in [2.45, 2.75) is 18.9 Å².